The highest BCUT2D eigenvalue weighted by molar-refractivity contribution is 5.95. The van der Waals surface area contributed by atoms with E-state index in [9.17, 15) is 27.6 Å². The summed E-state index contributed by atoms with van der Waals surface area (Å²) in [6.07, 6.45) is 2.30. The maximum Gasteiger partial charge on any atom is 0.275 e. The van der Waals surface area contributed by atoms with Crippen LogP contribution in [0.25, 0.3) is 5.69 Å². The van der Waals surface area contributed by atoms with Crippen LogP contribution in [0.3, 0.4) is 0 Å². The molecule has 0 saturated carbocycles. The van der Waals surface area contributed by atoms with Gasteiger partial charge in [-0.05, 0) is 41.8 Å². The van der Waals surface area contributed by atoms with Crippen LogP contribution < -0.4 is 11.3 Å². The summed E-state index contributed by atoms with van der Waals surface area (Å²) in [7, 11) is 0. The molecule has 0 atom stereocenters. The molecule has 1 aromatic carbocycles. The number of fused-ring (bicyclic) bond motifs is 1. The van der Waals surface area contributed by atoms with Gasteiger partial charge in [-0.1, -0.05) is 0 Å². The summed E-state index contributed by atoms with van der Waals surface area (Å²) < 4.78 is 41.5. The molecule has 0 spiro atoms. The Balaban J connectivity index is 1.77. The van der Waals surface area contributed by atoms with Crippen LogP contribution in [-0.2, 0) is 13.0 Å². The molecule has 0 unspecified atom stereocenters. The third-order valence-corrected chi connectivity index (χ3v) is 5.05. The quantitative estimate of drug-likeness (QED) is 0.690. The van der Waals surface area contributed by atoms with Crippen LogP contribution in [0, 0.1) is 17.5 Å². The fourth-order valence-electron chi connectivity index (χ4n) is 3.60. The normalized spacial score (nSPS) is 13.1. The van der Waals surface area contributed by atoms with Crippen molar-refractivity contribution in [3.8, 4) is 5.69 Å². The van der Waals surface area contributed by atoms with Crippen molar-refractivity contribution in [2.75, 3.05) is 6.54 Å². The predicted octanol–water partition coefficient (Wildman–Crippen LogP) is 1.95. The van der Waals surface area contributed by atoms with Crippen molar-refractivity contribution < 1.29 is 22.8 Å². The van der Waals surface area contributed by atoms with Crippen LogP contribution in [0.2, 0.25) is 0 Å². The maximum atomic E-state index is 14.0. The molecule has 158 valence electrons. The van der Waals surface area contributed by atoms with Gasteiger partial charge in [-0.2, -0.15) is 0 Å². The molecule has 7 nitrogen and oxygen atoms in total. The van der Waals surface area contributed by atoms with Gasteiger partial charge in [-0.3, -0.25) is 19.0 Å². The van der Waals surface area contributed by atoms with Crippen molar-refractivity contribution in [1.29, 1.82) is 0 Å². The molecule has 2 aromatic heterocycles. The molecular formula is C21H15F3N4O3. The molecule has 1 aliphatic heterocycles. The smallest absolute Gasteiger partial charge is 0.275 e. The minimum absolute atomic E-state index is 0.0611. The number of hydrogen-bond donors (Lipinski definition) is 1. The number of nitrogens with zero attached hydrogens (tertiary/aromatic N) is 3. The Kier molecular flexibility index (Phi) is 5.05. The fraction of sp³-hybridized carbons (Fsp3) is 0.143. The van der Waals surface area contributed by atoms with Gasteiger partial charge in [0.1, 0.15) is 17.2 Å². The molecule has 2 amide bonds. The molecule has 0 aliphatic carbocycles. The van der Waals surface area contributed by atoms with Gasteiger partial charge >= 0.3 is 0 Å². The van der Waals surface area contributed by atoms with E-state index in [1.54, 1.807) is 0 Å². The number of benzene rings is 1. The van der Waals surface area contributed by atoms with Crippen molar-refractivity contribution in [3.05, 3.63) is 92.9 Å². The number of carbonyl (C=O) groups excluding carboxylic acids is 2. The minimum Gasteiger partial charge on any atom is -0.365 e. The lowest BCUT2D eigenvalue weighted by Gasteiger charge is -2.30. The van der Waals surface area contributed by atoms with Gasteiger partial charge in [0.05, 0.1) is 6.20 Å². The van der Waals surface area contributed by atoms with Crippen LogP contribution in [0.4, 0.5) is 13.2 Å². The number of rotatable bonds is 3. The summed E-state index contributed by atoms with van der Waals surface area (Å²) in [4.78, 5) is 42.4. The molecule has 0 fully saturated rings. The maximum absolute atomic E-state index is 14.0. The van der Waals surface area contributed by atoms with Crippen molar-refractivity contribution in [2.24, 2.45) is 5.73 Å². The summed E-state index contributed by atoms with van der Waals surface area (Å²) in [5.41, 5.74) is 5.16. The third-order valence-electron chi connectivity index (χ3n) is 5.05. The van der Waals surface area contributed by atoms with Crippen molar-refractivity contribution in [3.63, 3.8) is 0 Å². The second kappa shape index (κ2) is 7.71. The number of primary amides is 1. The summed E-state index contributed by atoms with van der Waals surface area (Å²) in [6.45, 7) is 0.0129. The van der Waals surface area contributed by atoms with E-state index in [4.69, 9.17) is 5.73 Å². The molecule has 0 saturated heterocycles. The molecule has 3 heterocycles. The molecule has 31 heavy (non-hydrogen) atoms. The lowest BCUT2D eigenvalue weighted by Crippen LogP contribution is -2.40. The van der Waals surface area contributed by atoms with Crippen LogP contribution in [0.5, 0.6) is 0 Å². The zero-order valence-corrected chi connectivity index (χ0v) is 15.9. The number of aromatic nitrogens is 2. The molecule has 4 rings (SSSR count). The van der Waals surface area contributed by atoms with E-state index in [-0.39, 0.29) is 25.1 Å². The largest absolute Gasteiger partial charge is 0.365 e. The molecule has 3 aromatic rings. The summed E-state index contributed by atoms with van der Waals surface area (Å²) >= 11 is 0. The molecule has 0 bridgehead atoms. The number of nitrogens with two attached hydrogens (primary N) is 1. The number of hydrogen-bond acceptors (Lipinski definition) is 4. The fourth-order valence-corrected chi connectivity index (χ4v) is 3.60. The summed E-state index contributed by atoms with van der Waals surface area (Å²) in [5, 5.41) is 0. The zero-order chi connectivity index (χ0) is 22.3. The SMILES string of the molecule is NC(=O)c1c2c(cn(-c3ccc(F)cc3)c1=O)CN(C(=O)c1ncc(F)cc1F)CC2. The van der Waals surface area contributed by atoms with E-state index in [2.05, 4.69) is 4.98 Å². The Hall–Kier alpha value is -3.95. The first-order valence-electron chi connectivity index (χ1n) is 9.19. The van der Waals surface area contributed by atoms with E-state index >= 15 is 0 Å². The number of pyridine rings is 2. The average molecular weight is 428 g/mol. The molecule has 0 radical (unpaired) electrons. The second-order valence-corrected chi connectivity index (χ2v) is 6.98. The van der Waals surface area contributed by atoms with Crippen molar-refractivity contribution in [2.45, 2.75) is 13.0 Å². The Morgan fingerprint density at radius 1 is 1.06 bits per heavy atom. The first-order valence-corrected chi connectivity index (χ1v) is 9.19. The molecule has 1 aliphatic rings. The van der Waals surface area contributed by atoms with Crippen molar-refractivity contribution in [1.82, 2.24) is 14.5 Å². The van der Waals surface area contributed by atoms with Crippen LogP contribution in [0.15, 0.2) is 47.5 Å². The lowest BCUT2D eigenvalue weighted by molar-refractivity contribution is 0.0722. The average Bonchev–Trinajstić information content (AvgIpc) is 2.73. The summed E-state index contributed by atoms with van der Waals surface area (Å²) in [5.74, 6) is -4.19. The number of amides is 2. The van der Waals surface area contributed by atoms with Crippen molar-refractivity contribution >= 4 is 11.8 Å². The minimum atomic E-state index is -1.09. The highest BCUT2D eigenvalue weighted by Gasteiger charge is 2.29. The van der Waals surface area contributed by atoms with Gasteiger partial charge < -0.3 is 10.6 Å². The number of carbonyl (C=O) groups is 2. The third kappa shape index (κ3) is 3.67. The lowest BCUT2D eigenvalue weighted by atomic mass is 9.95. The van der Waals surface area contributed by atoms with Crippen LogP contribution in [-0.4, -0.2) is 32.8 Å². The Morgan fingerprint density at radius 2 is 1.77 bits per heavy atom. The van der Waals surface area contributed by atoms with E-state index in [1.165, 1.54) is 23.2 Å². The molecule has 2 N–H and O–H groups in total. The number of halogens is 3. The van der Waals surface area contributed by atoms with E-state index in [0.717, 1.165) is 22.9 Å². The van der Waals surface area contributed by atoms with Crippen LogP contribution >= 0.6 is 0 Å². The topological polar surface area (TPSA) is 98.3 Å². The first-order chi connectivity index (χ1) is 14.8. The first kappa shape index (κ1) is 20.3. The Morgan fingerprint density at radius 3 is 2.42 bits per heavy atom. The van der Waals surface area contributed by atoms with Gasteiger partial charge in [0, 0.05) is 31.0 Å². The van der Waals surface area contributed by atoms with Gasteiger partial charge in [-0.15, -0.1) is 0 Å². The predicted molar refractivity (Wildman–Crippen MR) is 103 cm³/mol. The Bertz CT molecular complexity index is 1270. The standard InChI is InChI=1S/C21H15F3N4O3/c22-12-1-3-14(4-2-12)28-10-11-9-27(6-5-15(11)17(19(25)29)20(28)30)21(31)18-16(24)7-13(23)8-26-18/h1-4,7-8,10H,5-6,9H2,(H2,25,29). The van der Waals surface area contributed by atoms with E-state index < -0.39 is 40.5 Å². The van der Waals surface area contributed by atoms with Crippen LogP contribution in [0.1, 0.15) is 32.0 Å². The second-order valence-electron chi connectivity index (χ2n) is 6.98. The highest BCUT2D eigenvalue weighted by atomic mass is 19.1. The summed E-state index contributed by atoms with van der Waals surface area (Å²) in [6, 6.07) is 5.60. The Labute approximate surface area is 173 Å². The van der Waals surface area contributed by atoms with Gasteiger partial charge in [0.25, 0.3) is 17.4 Å². The molecular weight excluding hydrogens is 413 g/mol. The van der Waals surface area contributed by atoms with Gasteiger partial charge in [0.15, 0.2) is 11.5 Å². The van der Waals surface area contributed by atoms with E-state index in [1.807, 2.05) is 0 Å². The highest BCUT2D eigenvalue weighted by Crippen LogP contribution is 2.23. The molecule has 10 heteroatoms. The van der Waals surface area contributed by atoms with Gasteiger partial charge in [-0.25, -0.2) is 18.2 Å². The zero-order valence-electron chi connectivity index (χ0n) is 15.9. The van der Waals surface area contributed by atoms with E-state index in [0.29, 0.717) is 22.9 Å². The monoisotopic (exact) mass is 428 g/mol. The van der Waals surface area contributed by atoms with Gasteiger partial charge in [0.2, 0.25) is 0 Å².